The van der Waals surface area contributed by atoms with Crippen molar-refractivity contribution in [2.24, 2.45) is 0 Å². The van der Waals surface area contributed by atoms with Crippen molar-refractivity contribution in [2.45, 2.75) is 0 Å². The van der Waals surface area contributed by atoms with E-state index in [9.17, 15) is 4.79 Å². The Hall–Kier alpha value is -0.600. The van der Waals surface area contributed by atoms with Crippen LogP contribution in [0.25, 0.3) is 0 Å². The normalized spacial score (nSPS) is 9.08. The number of halogens is 2. The van der Waals surface area contributed by atoms with Crippen LogP contribution in [0.5, 0.6) is 0 Å². The van der Waals surface area contributed by atoms with E-state index < -0.39 is 5.78 Å². The highest BCUT2D eigenvalue weighted by Gasteiger charge is 2.08. The lowest BCUT2D eigenvalue weighted by Gasteiger charge is -1.97. The highest BCUT2D eigenvalue weighted by Crippen LogP contribution is 2.18. The lowest BCUT2D eigenvalue weighted by molar-refractivity contribution is 0.105. The lowest BCUT2D eigenvalue weighted by atomic mass is 10.1. The molecule has 0 spiro atoms. The topological polar surface area (TPSA) is 40.9 Å². The molecule has 12 heavy (non-hydrogen) atoms. The summed E-state index contributed by atoms with van der Waals surface area (Å²) in [5.74, 6) is -0.599. The van der Waals surface area contributed by atoms with Gasteiger partial charge in [-0.1, -0.05) is 11.6 Å². The maximum atomic E-state index is 10.9. The molecule has 0 aliphatic rings. The number of carbonyl (C=O) groups excluding carboxylic acids is 1. The van der Waals surface area contributed by atoms with Crippen LogP contribution in [0, 0.1) is 14.9 Å². The number of hydrogen-bond acceptors (Lipinski definition) is 2. The third-order valence-electron chi connectivity index (χ3n) is 1.27. The largest absolute Gasteiger partial charge is 0.277 e. The molecular formula is C8H3ClINO. The van der Waals surface area contributed by atoms with E-state index in [1.165, 1.54) is 6.07 Å². The van der Waals surface area contributed by atoms with Gasteiger partial charge in [0.05, 0.1) is 10.6 Å². The number of nitrogens with zero attached hydrogens (tertiary/aromatic N) is 1. The first kappa shape index (κ1) is 9.49. The average Bonchev–Trinajstić information content (AvgIpc) is 2.08. The summed E-state index contributed by atoms with van der Waals surface area (Å²) in [4.78, 5) is 10.9. The minimum Gasteiger partial charge on any atom is -0.277 e. The van der Waals surface area contributed by atoms with Gasteiger partial charge in [-0.05, 0) is 40.8 Å². The maximum Gasteiger partial charge on any atom is 0.263 e. The predicted molar refractivity (Wildman–Crippen MR) is 54.1 cm³/mol. The second-order valence-corrected chi connectivity index (χ2v) is 3.72. The van der Waals surface area contributed by atoms with Crippen LogP contribution >= 0.6 is 34.2 Å². The monoisotopic (exact) mass is 291 g/mol. The molecule has 1 aromatic carbocycles. The second-order valence-electron chi connectivity index (χ2n) is 2.07. The number of ketones is 1. The zero-order valence-corrected chi connectivity index (χ0v) is 8.76. The highest BCUT2D eigenvalue weighted by atomic mass is 127. The molecule has 60 valence electrons. The lowest BCUT2D eigenvalue weighted by Crippen LogP contribution is -1.95. The molecule has 0 aliphatic heterocycles. The maximum absolute atomic E-state index is 10.9. The van der Waals surface area contributed by atoms with Gasteiger partial charge in [0.25, 0.3) is 5.78 Å². The van der Waals surface area contributed by atoms with Crippen LogP contribution in [0.2, 0.25) is 5.02 Å². The Morgan fingerprint density at radius 2 is 2.25 bits per heavy atom. The van der Waals surface area contributed by atoms with Crippen LogP contribution in [0.1, 0.15) is 10.4 Å². The molecule has 0 saturated carbocycles. The van der Waals surface area contributed by atoms with Crippen LogP contribution < -0.4 is 0 Å². The van der Waals surface area contributed by atoms with E-state index in [4.69, 9.17) is 16.9 Å². The van der Waals surface area contributed by atoms with Crippen molar-refractivity contribution < 1.29 is 4.79 Å². The SMILES string of the molecule is N#CC(=O)c1cc(I)ccc1Cl. The van der Waals surface area contributed by atoms with Crippen molar-refractivity contribution in [1.29, 1.82) is 5.26 Å². The molecule has 0 bridgehead atoms. The first-order chi connectivity index (χ1) is 5.65. The summed E-state index contributed by atoms with van der Waals surface area (Å²) in [5.41, 5.74) is 0.270. The van der Waals surface area contributed by atoms with Gasteiger partial charge in [-0.15, -0.1) is 0 Å². The second kappa shape index (κ2) is 3.87. The van der Waals surface area contributed by atoms with E-state index >= 15 is 0 Å². The molecule has 4 heteroatoms. The molecule has 0 unspecified atom stereocenters. The molecule has 0 radical (unpaired) electrons. The van der Waals surface area contributed by atoms with Gasteiger partial charge in [0, 0.05) is 3.57 Å². The standard InChI is InChI=1S/C8H3ClINO/c9-7-2-1-5(10)3-6(7)8(12)4-11/h1-3H. The summed E-state index contributed by atoms with van der Waals surface area (Å²) in [6, 6.07) is 6.49. The molecule has 1 aromatic rings. The number of Topliss-reactive ketones (excluding diaryl/α,β-unsaturated/α-hetero) is 1. The number of rotatable bonds is 1. The van der Waals surface area contributed by atoms with Crippen LogP contribution in [-0.2, 0) is 0 Å². The van der Waals surface area contributed by atoms with Crippen LogP contribution in [0.3, 0.4) is 0 Å². The van der Waals surface area contributed by atoms with Crippen LogP contribution in [-0.4, -0.2) is 5.78 Å². The molecule has 0 aliphatic carbocycles. The number of benzene rings is 1. The fraction of sp³-hybridized carbons (Fsp3) is 0. The Labute approximate surface area is 88.3 Å². The molecule has 0 amide bonds. The van der Waals surface area contributed by atoms with Gasteiger partial charge in [-0.2, -0.15) is 5.26 Å². The van der Waals surface area contributed by atoms with E-state index in [0.717, 1.165) is 3.57 Å². The Morgan fingerprint density at radius 3 is 2.83 bits per heavy atom. The van der Waals surface area contributed by atoms with Crippen molar-refractivity contribution in [3.63, 3.8) is 0 Å². The Bertz CT molecular complexity index is 370. The Balaban J connectivity index is 3.25. The Kier molecular flexibility index (Phi) is 3.06. The smallest absolute Gasteiger partial charge is 0.263 e. The molecule has 0 atom stereocenters. The quantitative estimate of drug-likeness (QED) is 0.453. The summed E-state index contributed by atoms with van der Waals surface area (Å²) in [7, 11) is 0. The predicted octanol–water partition coefficient (Wildman–Crippen LogP) is 2.65. The zero-order chi connectivity index (χ0) is 9.14. The van der Waals surface area contributed by atoms with Crippen molar-refractivity contribution >= 4 is 40.0 Å². The van der Waals surface area contributed by atoms with Gasteiger partial charge in [0.1, 0.15) is 6.07 Å². The zero-order valence-electron chi connectivity index (χ0n) is 5.84. The molecule has 2 nitrogen and oxygen atoms in total. The molecule has 0 aromatic heterocycles. The van der Waals surface area contributed by atoms with Crippen LogP contribution in [0.4, 0.5) is 0 Å². The van der Waals surface area contributed by atoms with Gasteiger partial charge in [-0.3, -0.25) is 4.79 Å². The van der Waals surface area contributed by atoms with E-state index in [2.05, 4.69) is 22.6 Å². The summed E-state index contributed by atoms with van der Waals surface area (Å²) in [6.45, 7) is 0. The Morgan fingerprint density at radius 1 is 1.58 bits per heavy atom. The molecule has 0 heterocycles. The fourth-order valence-corrected chi connectivity index (χ4v) is 1.43. The van der Waals surface area contributed by atoms with Gasteiger partial charge in [-0.25, -0.2) is 0 Å². The van der Waals surface area contributed by atoms with Crippen LogP contribution in [0.15, 0.2) is 18.2 Å². The molecule has 1 rings (SSSR count). The van der Waals surface area contributed by atoms with Gasteiger partial charge >= 0.3 is 0 Å². The van der Waals surface area contributed by atoms with Gasteiger partial charge in [0.2, 0.25) is 0 Å². The van der Waals surface area contributed by atoms with E-state index in [1.54, 1.807) is 18.2 Å². The van der Waals surface area contributed by atoms with E-state index in [1.807, 2.05) is 0 Å². The van der Waals surface area contributed by atoms with Gasteiger partial charge in [0.15, 0.2) is 0 Å². The van der Waals surface area contributed by atoms with Crippen molar-refractivity contribution in [2.75, 3.05) is 0 Å². The molecule has 0 fully saturated rings. The summed E-state index contributed by atoms with van der Waals surface area (Å²) in [5, 5.41) is 8.66. The third-order valence-corrected chi connectivity index (χ3v) is 2.28. The fourth-order valence-electron chi connectivity index (χ4n) is 0.732. The minimum atomic E-state index is -0.599. The first-order valence-corrected chi connectivity index (χ1v) is 4.50. The first-order valence-electron chi connectivity index (χ1n) is 3.04. The van der Waals surface area contributed by atoms with E-state index in [-0.39, 0.29) is 5.56 Å². The van der Waals surface area contributed by atoms with E-state index in [0.29, 0.717) is 5.02 Å². The minimum absolute atomic E-state index is 0.270. The number of carbonyl (C=O) groups is 1. The van der Waals surface area contributed by atoms with Crippen molar-refractivity contribution in [1.82, 2.24) is 0 Å². The number of hydrogen-bond donors (Lipinski definition) is 0. The average molecular weight is 291 g/mol. The molecule has 0 saturated heterocycles. The molecule has 0 N–H and O–H groups in total. The summed E-state index contributed by atoms with van der Waals surface area (Å²) in [6.07, 6.45) is 0. The summed E-state index contributed by atoms with van der Waals surface area (Å²) >= 11 is 7.75. The van der Waals surface area contributed by atoms with Gasteiger partial charge < -0.3 is 0 Å². The van der Waals surface area contributed by atoms with Crippen molar-refractivity contribution in [3.05, 3.63) is 32.4 Å². The highest BCUT2D eigenvalue weighted by molar-refractivity contribution is 14.1. The van der Waals surface area contributed by atoms with Crippen molar-refractivity contribution in [3.8, 4) is 6.07 Å². The number of nitriles is 1. The molecular weight excluding hydrogens is 288 g/mol. The summed E-state index contributed by atoms with van der Waals surface area (Å²) < 4.78 is 0.885. The third kappa shape index (κ3) is 1.96.